The van der Waals surface area contributed by atoms with E-state index >= 15 is 17.6 Å². The summed E-state index contributed by atoms with van der Waals surface area (Å²) in [4.78, 5) is 68.6. The van der Waals surface area contributed by atoms with Gasteiger partial charge >= 0.3 is 24.0 Å². The van der Waals surface area contributed by atoms with Crippen LogP contribution in [-0.4, -0.2) is 120 Å². The molecule has 3 aromatic rings. The minimum Gasteiger partial charge on any atom is -0.453 e. The third-order valence-corrected chi connectivity index (χ3v) is 14.9. The zero-order valence-electron chi connectivity index (χ0n) is 37.4. The summed E-state index contributed by atoms with van der Waals surface area (Å²) in [6.07, 6.45) is 4.95. The molecule has 0 radical (unpaired) electrons. The fraction of sp³-hybridized carbons (Fsp3) is 0.532. The molecule has 4 amide bonds. The van der Waals surface area contributed by atoms with E-state index in [9.17, 15) is 19.2 Å². The number of H-pyrrole nitrogens is 1. The van der Waals surface area contributed by atoms with Crippen LogP contribution in [0.5, 0.6) is 0 Å². The number of imidazole rings is 1. The number of nitrogens with zero attached hydrogens (tertiary/aromatic N) is 4. The maximum Gasteiger partial charge on any atom is 0.407 e. The second-order valence-corrected chi connectivity index (χ2v) is 18.2. The van der Waals surface area contributed by atoms with Crippen molar-refractivity contribution < 1.29 is 55.7 Å². The highest BCUT2D eigenvalue weighted by atomic mass is 19.3. The molecule has 19 heteroatoms. The van der Waals surface area contributed by atoms with Gasteiger partial charge in [-0.05, 0) is 98.6 Å². The van der Waals surface area contributed by atoms with E-state index in [1.807, 2.05) is 0 Å². The lowest BCUT2D eigenvalue weighted by atomic mass is 9.78. The number of carbonyl (C=O) groups is 4. The lowest BCUT2D eigenvalue weighted by molar-refractivity contribution is -0.225. The predicted molar refractivity (Wildman–Crippen MR) is 231 cm³/mol. The molecule has 1 aromatic heterocycles. The molecule has 2 aromatic carbocycles. The zero-order chi connectivity index (χ0) is 47.0. The molecule has 352 valence electrons. The summed E-state index contributed by atoms with van der Waals surface area (Å²) in [6.45, 7) is 3.33. The highest BCUT2D eigenvalue weighted by Gasteiger charge is 2.63. The summed E-state index contributed by atoms with van der Waals surface area (Å²) in [6, 6.07) is 5.03. The van der Waals surface area contributed by atoms with Crippen molar-refractivity contribution in [2.45, 2.75) is 119 Å². The Balaban J connectivity index is 0.962. The summed E-state index contributed by atoms with van der Waals surface area (Å²) in [5.41, 5.74) is 0.317. The van der Waals surface area contributed by atoms with Gasteiger partial charge in [-0.2, -0.15) is 17.6 Å². The van der Waals surface area contributed by atoms with Crippen LogP contribution in [0.25, 0.3) is 28.0 Å². The fourth-order valence-electron chi connectivity index (χ4n) is 11.3. The van der Waals surface area contributed by atoms with E-state index in [-0.39, 0.29) is 58.8 Å². The minimum absolute atomic E-state index is 0.0286. The number of halogens is 4. The Labute approximate surface area is 378 Å². The number of likely N-dealkylation sites (tertiary alicyclic amines) is 2. The van der Waals surface area contributed by atoms with Gasteiger partial charge in [-0.3, -0.25) is 14.6 Å². The van der Waals surface area contributed by atoms with Crippen molar-refractivity contribution >= 4 is 35.3 Å². The molecule has 0 unspecified atom stereocenters. The number of aromatic amines is 1. The molecular formula is C47H53F4N7O8. The van der Waals surface area contributed by atoms with Crippen LogP contribution < -0.4 is 10.6 Å². The normalized spacial score (nSPS) is 27.0. The number of benzene rings is 2. The van der Waals surface area contributed by atoms with Crippen LogP contribution in [0.2, 0.25) is 0 Å². The van der Waals surface area contributed by atoms with Crippen molar-refractivity contribution in [3.63, 3.8) is 0 Å². The first kappa shape index (κ1) is 45.3. The van der Waals surface area contributed by atoms with E-state index in [1.165, 1.54) is 46.8 Å². The van der Waals surface area contributed by atoms with Crippen LogP contribution in [0.3, 0.4) is 0 Å². The maximum atomic E-state index is 16.4. The van der Waals surface area contributed by atoms with Gasteiger partial charge in [-0.25, -0.2) is 14.6 Å². The van der Waals surface area contributed by atoms with Gasteiger partial charge < -0.3 is 44.4 Å². The van der Waals surface area contributed by atoms with Gasteiger partial charge in [0.15, 0.2) is 0 Å². The lowest BCUT2D eigenvalue weighted by Crippen LogP contribution is -2.59. The number of ether oxygens (including phenoxy) is 4. The van der Waals surface area contributed by atoms with Crippen molar-refractivity contribution in [2.24, 2.45) is 16.8 Å². The largest absolute Gasteiger partial charge is 0.453 e. The molecule has 4 fully saturated rings. The number of hydrogen-bond acceptors (Lipinski definition) is 10. The average molecular weight is 920 g/mol. The summed E-state index contributed by atoms with van der Waals surface area (Å²) >= 11 is 0. The molecule has 15 nitrogen and oxygen atoms in total. The first-order valence-electron chi connectivity index (χ1n) is 22.3. The third kappa shape index (κ3) is 7.32. The van der Waals surface area contributed by atoms with Crippen molar-refractivity contribution in [1.82, 2.24) is 30.4 Å². The quantitative estimate of drug-likeness (QED) is 0.160. The number of hydrogen-bond donors (Lipinski definition) is 3. The van der Waals surface area contributed by atoms with E-state index in [4.69, 9.17) is 23.9 Å². The number of nitrogens with one attached hydrogen (secondary N) is 3. The Morgan fingerprint density at radius 3 is 1.76 bits per heavy atom. The Kier molecular flexibility index (Phi) is 11.8. The number of aromatic nitrogens is 2. The smallest absolute Gasteiger partial charge is 0.407 e. The zero-order valence-corrected chi connectivity index (χ0v) is 37.4. The lowest BCUT2D eigenvalue weighted by Gasteiger charge is -2.38. The Bertz CT molecular complexity index is 2510. The number of methoxy groups -OCH3 is 4. The molecule has 0 spiro atoms. The molecule has 3 aliphatic carbocycles. The molecule has 9 rings (SSSR count). The molecule has 3 N–H and O–H groups in total. The Hall–Kier alpha value is -5.82. The highest BCUT2D eigenvalue weighted by molar-refractivity contribution is 6.04. The average Bonchev–Trinajstić information content (AvgIpc) is 4.20. The van der Waals surface area contributed by atoms with E-state index in [0.717, 1.165) is 44.2 Å². The standard InChI is InChI=1S/C47H53F4N7O8/c1-22(63-3)37(55-44(61)65-5)42(59)57-29-11-7-26(15-29)39(57)35-19-28(20-52-35)24-9-13-31-32-14-10-25(18-34(32)47(50,51)46(48,49)33(31)17-24)36-21-53-41(54-36)40-27-8-12-30(16-27)58(40)43(60)38(23(2)64-4)56-45(62)66-6/h9-10,13-14,17-18,20-23,26-27,29-30,37-40H,7-8,11-12,15-16,19H2,1-6H3,(H,53,54)(H,55,61)(H,56,62)/t22-,23-,26+,27+,29-,30-,37+,38+,39+,40+/m1/s1. The van der Waals surface area contributed by atoms with Crippen molar-refractivity contribution in [3.05, 3.63) is 71.3 Å². The Morgan fingerprint density at radius 1 is 0.727 bits per heavy atom. The number of carbonyl (C=O) groups excluding carboxylic acids is 4. The van der Waals surface area contributed by atoms with Crippen LogP contribution in [0.4, 0.5) is 27.2 Å². The van der Waals surface area contributed by atoms with Crippen molar-refractivity contribution in [1.29, 1.82) is 0 Å². The number of allylic oxidation sites excluding steroid dienone is 1. The van der Waals surface area contributed by atoms with E-state index in [1.54, 1.807) is 42.0 Å². The number of amides is 4. The minimum atomic E-state index is -4.61. The first-order valence-corrected chi connectivity index (χ1v) is 22.3. The molecule has 66 heavy (non-hydrogen) atoms. The van der Waals surface area contributed by atoms with E-state index < -0.39 is 71.5 Å². The fourth-order valence-corrected chi connectivity index (χ4v) is 11.3. The highest BCUT2D eigenvalue weighted by Crippen LogP contribution is 2.59. The number of rotatable bonds is 12. The first-order chi connectivity index (χ1) is 31.5. The monoisotopic (exact) mass is 919 g/mol. The van der Waals surface area contributed by atoms with Gasteiger partial charge in [0.1, 0.15) is 17.9 Å². The van der Waals surface area contributed by atoms with Gasteiger partial charge in [0, 0.05) is 61.3 Å². The maximum absolute atomic E-state index is 16.4. The van der Waals surface area contributed by atoms with Crippen LogP contribution in [0.1, 0.15) is 87.3 Å². The molecule has 4 heterocycles. The number of aliphatic imine (C=N–C) groups is 1. The van der Waals surface area contributed by atoms with Crippen LogP contribution in [0.15, 0.2) is 53.8 Å². The van der Waals surface area contributed by atoms with Crippen molar-refractivity contribution in [3.8, 4) is 22.4 Å². The molecule has 6 aliphatic rings. The Morgan fingerprint density at radius 2 is 1.23 bits per heavy atom. The van der Waals surface area contributed by atoms with Crippen LogP contribution in [0, 0.1) is 11.8 Å². The van der Waals surface area contributed by atoms with E-state index in [0.29, 0.717) is 34.8 Å². The molecule has 2 saturated carbocycles. The molecule has 2 saturated heterocycles. The van der Waals surface area contributed by atoms with E-state index in [2.05, 4.69) is 20.6 Å². The van der Waals surface area contributed by atoms with Gasteiger partial charge in [0.2, 0.25) is 11.8 Å². The number of piperidine rings is 2. The summed E-state index contributed by atoms with van der Waals surface area (Å²) in [5.74, 6) is -9.38. The van der Waals surface area contributed by atoms with Gasteiger partial charge in [-0.1, -0.05) is 24.3 Å². The predicted octanol–water partition coefficient (Wildman–Crippen LogP) is 7.08. The summed E-state index contributed by atoms with van der Waals surface area (Å²) in [5, 5.41) is 5.18. The van der Waals surface area contributed by atoms with Gasteiger partial charge in [-0.15, -0.1) is 0 Å². The van der Waals surface area contributed by atoms with Gasteiger partial charge in [0.05, 0.1) is 50.4 Å². The number of alkyl halides is 4. The van der Waals surface area contributed by atoms with Crippen molar-refractivity contribution in [2.75, 3.05) is 28.4 Å². The summed E-state index contributed by atoms with van der Waals surface area (Å²) < 4.78 is 85.9. The second-order valence-electron chi connectivity index (χ2n) is 18.2. The van der Waals surface area contributed by atoms with Crippen LogP contribution in [-0.2, 0) is 40.4 Å². The summed E-state index contributed by atoms with van der Waals surface area (Å²) in [7, 11) is 5.27. The molecule has 10 atom stereocenters. The van der Waals surface area contributed by atoms with Crippen LogP contribution >= 0.6 is 0 Å². The SMILES string of the molecule is COC(=O)N[C@H](C(=O)N1[C@@H]2CC[C@@H](C2)[C@H]1C1=NC=C(c2ccc3c(c2)C(F)(F)C(F)(F)c2cc(-c4cnc([C@@H]5[C@H]6CC[C@H](C6)N5C(=O)[C@@H](NC(=O)OC)[C@@H](C)OC)[nH]4)ccc2-3)C1)[C@@H](C)OC. The molecule has 3 aliphatic heterocycles. The third-order valence-electron chi connectivity index (χ3n) is 14.9. The second kappa shape index (κ2) is 17.1. The topological polar surface area (TPSA) is 177 Å². The number of fused-ring (bicyclic) bond motifs is 7. The molecular weight excluding hydrogens is 867 g/mol. The number of alkyl carbamates (subject to hydrolysis) is 2. The van der Waals surface area contributed by atoms with Gasteiger partial charge in [0.25, 0.3) is 0 Å². The molecule has 4 bridgehead atoms.